The fourth-order valence-electron chi connectivity index (χ4n) is 3.74. The summed E-state index contributed by atoms with van der Waals surface area (Å²) >= 11 is 0. The summed E-state index contributed by atoms with van der Waals surface area (Å²) in [5.74, 6) is 1.94. The third-order valence-electron chi connectivity index (χ3n) is 5.38. The van der Waals surface area contributed by atoms with Crippen LogP contribution in [0.3, 0.4) is 0 Å². The fourth-order valence-corrected chi connectivity index (χ4v) is 3.74. The summed E-state index contributed by atoms with van der Waals surface area (Å²) in [5, 5.41) is 7.87. The number of aromatic nitrogens is 3. The summed E-state index contributed by atoms with van der Waals surface area (Å²) in [4.78, 5) is 18.7. The van der Waals surface area contributed by atoms with Crippen molar-refractivity contribution in [3.63, 3.8) is 0 Å². The van der Waals surface area contributed by atoms with Gasteiger partial charge in [-0.2, -0.15) is 0 Å². The first-order chi connectivity index (χ1) is 16.2. The van der Waals surface area contributed by atoms with Gasteiger partial charge in [-0.25, -0.2) is 4.79 Å². The highest BCUT2D eigenvalue weighted by molar-refractivity contribution is 5.73. The summed E-state index contributed by atoms with van der Waals surface area (Å²) < 4.78 is 16.8. The predicted molar refractivity (Wildman–Crippen MR) is 128 cm³/mol. The quantitative estimate of drug-likeness (QED) is 0.509. The largest absolute Gasteiger partial charge is 0.487 e. The van der Waals surface area contributed by atoms with Crippen molar-refractivity contribution in [2.24, 2.45) is 5.92 Å². The van der Waals surface area contributed by atoms with E-state index in [-0.39, 0.29) is 12.0 Å². The molecule has 1 atom stereocenters. The number of rotatable bonds is 5. The van der Waals surface area contributed by atoms with Gasteiger partial charge in [-0.3, -0.25) is 4.98 Å². The van der Waals surface area contributed by atoms with Crippen molar-refractivity contribution in [3.8, 4) is 17.2 Å². The van der Waals surface area contributed by atoms with Gasteiger partial charge < -0.3 is 18.8 Å². The molecule has 0 bridgehead atoms. The third-order valence-corrected chi connectivity index (χ3v) is 5.38. The molecule has 1 unspecified atom stereocenters. The Labute approximate surface area is 199 Å². The van der Waals surface area contributed by atoms with E-state index in [9.17, 15) is 4.79 Å². The number of benzene rings is 1. The third kappa shape index (κ3) is 5.81. The highest BCUT2D eigenvalue weighted by atomic mass is 16.6. The van der Waals surface area contributed by atoms with Crippen LogP contribution < -0.4 is 4.74 Å². The van der Waals surface area contributed by atoms with Gasteiger partial charge in [0, 0.05) is 31.8 Å². The van der Waals surface area contributed by atoms with Crippen LogP contribution in [0.4, 0.5) is 4.79 Å². The molecule has 2 aromatic heterocycles. The maximum absolute atomic E-state index is 12.4. The topological polar surface area (TPSA) is 90.6 Å². The molecule has 3 heterocycles. The zero-order valence-electron chi connectivity index (χ0n) is 20.2. The Hall–Kier alpha value is -3.68. The number of carbonyl (C=O) groups excluding carboxylic acids is 1. The van der Waals surface area contributed by atoms with Crippen molar-refractivity contribution in [1.29, 1.82) is 0 Å². The molecule has 0 spiro atoms. The standard InChI is InChI=1S/C26H30N4O4/c1-17-15-30(25(31)34-26(3,4)5)13-12-23(17)20-6-9-21(27-14-20)16-32-22-10-7-19(8-11-22)24-29-28-18(2)33-24/h6-12,14,17H,13,15-16H2,1-5H3. The molecular formula is C26H30N4O4. The molecule has 1 amide bonds. The lowest BCUT2D eigenvalue weighted by Crippen LogP contribution is -2.41. The monoisotopic (exact) mass is 462 g/mol. The number of hydrogen-bond acceptors (Lipinski definition) is 7. The average Bonchev–Trinajstić information content (AvgIpc) is 3.23. The van der Waals surface area contributed by atoms with Crippen molar-refractivity contribution < 1.29 is 18.7 Å². The Morgan fingerprint density at radius 3 is 2.44 bits per heavy atom. The number of pyridine rings is 1. The van der Waals surface area contributed by atoms with E-state index in [0.29, 0.717) is 31.5 Å². The highest BCUT2D eigenvalue weighted by Crippen LogP contribution is 2.28. The minimum absolute atomic E-state index is 0.186. The van der Waals surface area contributed by atoms with Crippen LogP contribution in [0, 0.1) is 12.8 Å². The van der Waals surface area contributed by atoms with E-state index in [1.165, 1.54) is 5.57 Å². The van der Waals surface area contributed by atoms with Crippen molar-refractivity contribution in [3.05, 3.63) is 65.8 Å². The highest BCUT2D eigenvalue weighted by Gasteiger charge is 2.27. The van der Waals surface area contributed by atoms with Gasteiger partial charge >= 0.3 is 6.09 Å². The summed E-state index contributed by atoms with van der Waals surface area (Å²) in [5.41, 5.74) is 3.42. The van der Waals surface area contributed by atoms with E-state index in [2.05, 4.69) is 34.2 Å². The molecule has 0 N–H and O–H groups in total. The Bertz CT molecular complexity index is 1160. The van der Waals surface area contributed by atoms with Crippen LogP contribution in [0.15, 0.2) is 53.1 Å². The van der Waals surface area contributed by atoms with Gasteiger partial charge in [0.25, 0.3) is 0 Å². The lowest BCUT2D eigenvalue weighted by atomic mass is 9.91. The lowest BCUT2D eigenvalue weighted by Gasteiger charge is -2.33. The first-order valence-electron chi connectivity index (χ1n) is 11.3. The van der Waals surface area contributed by atoms with Gasteiger partial charge in [-0.15, -0.1) is 10.2 Å². The van der Waals surface area contributed by atoms with Crippen molar-refractivity contribution in [2.45, 2.75) is 46.8 Å². The normalized spacial score (nSPS) is 16.2. The van der Waals surface area contributed by atoms with Gasteiger partial charge in [0.15, 0.2) is 0 Å². The summed E-state index contributed by atoms with van der Waals surface area (Å²) in [6, 6.07) is 11.5. The second-order valence-electron chi connectivity index (χ2n) is 9.42. The minimum Gasteiger partial charge on any atom is -0.487 e. The summed E-state index contributed by atoms with van der Waals surface area (Å²) in [7, 11) is 0. The molecule has 178 valence electrons. The maximum Gasteiger partial charge on any atom is 0.410 e. The molecule has 1 aliphatic rings. The van der Waals surface area contributed by atoms with Crippen molar-refractivity contribution in [2.75, 3.05) is 13.1 Å². The summed E-state index contributed by atoms with van der Waals surface area (Å²) in [6.45, 7) is 11.0. The molecule has 8 nitrogen and oxygen atoms in total. The number of amides is 1. The molecule has 0 fully saturated rings. The SMILES string of the molecule is Cc1nnc(-c2ccc(OCc3ccc(C4=CCN(C(=O)OC(C)(C)C)CC4C)cn3)cc2)o1. The first-order valence-corrected chi connectivity index (χ1v) is 11.3. The fraction of sp³-hybridized carbons (Fsp3) is 0.385. The zero-order valence-corrected chi connectivity index (χ0v) is 20.2. The molecular weight excluding hydrogens is 432 g/mol. The predicted octanol–water partition coefficient (Wildman–Crippen LogP) is 5.29. The Balaban J connectivity index is 1.34. The van der Waals surface area contributed by atoms with E-state index >= 15 is 0 Å². The van der Waals surface area contributed by atoms with Gasteiger partial charge in [-0.05, 0) is 68.2 Å². The average molecular weight is 463 g/mol. The molecule has 0 saturated heterocycles. The van der Waals surface area contributed by atoms with E-state index < -0.39 is 5.60 Å². The minimum atomic E-state index is -0.499. The van der Waals surface area contributed by atoms with E-state index in [0.717, 1.165) is 22.6 Å². The molecule has 1 aromatic carbocycles. The van der Waals surface area contributed by atoms with Crippen molar-refractivity contribution in [1.82, 2.24) is 20.1 Å². The Morgan fingerprint density at radius 1 is 1.12 bits per heavy atom. The number of ether oxygens (including phenoxy) is 2. The van der Waals surface area contributed by atoms with Crippen molar-refractivity contribution >= 4 is 11.7 Å². The van der Waals surface area contributed by atoms with Gasteiger partial charge in [0.2, 0.25) is 11.8 Å². The van der Waals surface area contributed by atoms with Crippen LogP contribution in [-0.2, 0) is 11.3 Å². The molecule has 1 aliphatic heterocycles. The van der Waals surface area contributed by atoms with Gasteiger partial charge in [0.05, 0.1) is 5.69 Å². The molecule has 0 saturated carbocycles. The Morgan fingerprint density at radius 2 is 1.85 bits per heavy atom. The smallest absolute Gasteiger partial charge is 0.410 e. The maximum atomic E-state index is 12.4. The van der Waals surface area contributed by atoms with Crippen LogP contribution >= 0.6 is 0 Å². The van der Waals surface area contributed by atoms with Crippen LogP contribution in [0.5, 0.6) is 5.75 Å². The number of carbonyl (C=O) groups is 1. The number of nitrogens with zero attached hydrogens (tertiary/aromatic N) is 4. The van der Waals surface area contributed by atoms with E-state index in [1.807, 2.05) is 57.3 Å². The zero-order chi connectivity index (χ0) is 24.3. The first kappa shape index (κ1) is 23.5. The van der Waals surface area contributed by atoms with E-state index in [1.54, 1.807) is 11.8 Å². The van der Waals surface area contributed by atoms with Gasteiger partial charge in [-0.1, -0.05) is 19.1 Å². The lowest BCUT2D eigenvalue weighted by molar-refractivity contribution is 0.0251. The van der Waals surface area contributed by atoms with Gasteiger partial charge in [0.1, 0.15) is 18.0 Å². The second-order valence-corrected chi connectivity index (χ2v) is 9.42. The number of hydrogen-bond donors (Lipinski definition) is 0. The molecule has 34 heavy (non-hydrogen) atoms. The molecule has 0 aliphatic carbocycles. The van der Waals surface area contributed by atoms with Crippen LogP contribution in [0.25, 0.3) is 17.0 Å². The summed E-state index contributed by atoms with van der Waals surface area (Å²) in [6.07, 6.45) is 3.67. The molecule has 3 aromatic rings. The second kappa shape index (κ2) is 9.67. The number of aryl methyl sites for hydroxylation is 1. The van der Waals surface area contributed by atoms with Crippen LogP contribution in [0.2, 0.25) is 0 Å². The van der Waals surface area contributed by atoms with Crippen LogP contribution in [-0.4, -0.2) is 44.9 Å². The Kier molecular flexibility index (Phi) is 6.68. The molecule has 4 rings (SSSR count). The van der Waals surface area contributed by atoms with E-state index in [4.69, 9.17) is 13.9 Å². The van der Waals surface area contributed by atoms with Crippen LogP contribution in [0.1, 0.15) is 44.8 Å². The molecule has 8 heteroatoms. The molecule has 0 radical (unpaired) electrons.